The van der Waals surface area contributed by atoms with Gasteiger partial charge in [-0.05, 0) is 44.7 Å². The second-order valence-electron chi connectivity index (χ2n) is 9.75. The summed E-state index contributed by atoms with van der Waals surface area (Å²) in [6.45, 7) is 13.9. The Hall–Kier alpha value is -1.82. The van der Waals surface area contributed by atoms with Crippen LogP contribution in [0.15, 0.2) is 16.0 Å². The Morgan fingerprint density at radius 3 is 2.54 bits per heavy atom. The monoisotopic (exact) mass is 525 g/mol. The minimum Gasteiger partial charge on any atom is -0.353 e. The number of piperidine rings is 1. The van der Waals surface area contributed by atoms with Gasteiger partial charge in [-0.1, -0.05) is 34.1 Å². The van der Waals surface area contributed by atoms with Gasteiger partial charge in [0.2, 0.25) is 15.9 Å². The molecule has 0 radical (unpaired) electrons. The van der Waals surface area contributed by atoms with Gasteiger partial charge < -0.3 is 10.2 Å². The number of fused-ring (bicyclic) bond motifs is 1. The summed E-state index contributed by atoms with van der Waals surface area (Å²) in [7, 11) is -3.86. The molecule has 0 unspecified atom stereocenters. The molecule has 35 heavy (non-hydrogen) atoms. The second-order valence-corrected chi connectivity index (χ2v) is 12.8. The number of unbranched alkanes of at least 4 members (excludes halogenated alkanes) is 1. The summed E-state index contributed by atoms with van der Waals surface area (Å²) in [5.41, 5.74) is -0.496. The molecule has 1 N–H and O–H groups in total. The highest BCUT2D eigenvalue weighted by Gasteiger charge is 2.35. The second kappa shape index (κ2) is 11.9. The molecule has 1 aliphatic rings. The highest BCUT2D eigenvalue weighted by atomic mass is 32.2. The van der Waals surface area contributed by atoms with Crippen LogP contribution >= 0.6 is 11.3 Å². The van der Waals surface area contributed by atoms with Crippen molar-refractivity contribution in [3.05, 3.63) is 21.6 Å². The molecular formula is C24H39N5O4S2. The van der Waals surface area contributed by atoms with Crippen LogP contribution in [0.3, 0.4) is 0 Å². The van der Waals surface area contributed by atoms with Crippen LogP contribution in [0.4, 0.5) is 0 Å². The van der Waals surface area contributed by atoms with Gasteiger partial charge in [-0.3, -0.25) is 14.2 Å². The number of sulfonamides is 1. The number of nitrogens with zero attached hydrogens (tertiary/aromatic N) is 4. The molecule has 196 valence electrons. The van der Waals surface area contributed by atoms with Crippen LogP contribution < -0.4 is 10.9 Å². The Labute approximate surface area is 212 Å². The molecule has 0 bridgehead atoms. The molecule has 3 rings (SSSR count). The van der Waals surface area contributed by atoms with Crippen LogP contribution in [0.5, 0.6) is 0 Å². The SMILES string of the molecule is CCCCN(CC)CCNC(=O)Cn1cnc2sc(C)c(S(=O)(=O)N3C[C@H](C)C[C@@H](C)C3)c2c1=O. The lowest BCUT2D eigenvalue weighted by Crippen LogP contribution is -2.43. The lowest BCUT2D eigenvalue weighted by Gasteiger charge is -2.34. The van der Waals surface area contributed by atoms with Crippen molar-refractivity contribution in [1.29, 1.82) is 0 Å². The van der Waals surface area contributed by atoms with Gasteiger partial charge in [-0.2, -0.15) is 4.31 Å². The normalized spacial score (nSPS) is 19.5. The van der Waals surface area contributed by atoms with E-state index in [-0.39, 0.29) is 34.6 Å². The minimum atomic E-state index is -3.86. The lowest BCUT2D eigenvalue weighted by atomic mass is 9.94. The van der Waals surface area contributed by atoms with Gasteiger partial charge in [0, 0.05) is 31.1 Å². The first-order valence-electron chi connectivity index (χ1n) is 12.6. The Morgan fingerprint density at radius 2 is 1.91 bits per heavy atom. The van der Waals surface area contributed by atoms with Gasteiger partial charge in [-0.25, -0.2) is 13.4 Å². The smallest absolute Gasteiger partial charge is 0.263 e. The van der Waals surface area contributed by atoms with Gasteiger partial charge in [-0.15, -0.1) is 11.3 Å². The number of hydrogen-bond acceptors (Lipinski definition) is 7. The number of likely N-dealkylation sites (N-methyl/N-ethyl adjacent to an activating group) is 1. The molecule has 0 saturated carbocycles. The van der Waals surface area contributed by atoms with Gasteiger partial charge in [0.1, 0.15) is 16.3 Å². The first-order valence-corrected chi connectivity index (χ1v) is 14.8. The fraction of sp³-hybridized carbons (Fsp3) is 0.708. The van der Waals surface area contributed by atoms with E-state index in [2.05, 4.69) is 29.0 Å². The molecule has 2 atom stereocenters. The van der Waals surface area contributed by atoms with E-state index in [4.69, 9.17) is 0 Å². The number of thiophene rings is 1. The third-order valence-corrected chi connectivity index (χ3v) is 9.72. The summed E-state index contributed by atoms with van der Waals surface area (Å²) >= 11 is 1.20. The van der Waals surface area contributed by atoms with Crippen LogP contribution in [0.25, 0.3) is 10.2 Å². The van der Waals surface area contributed by atoms with Crippen molar-refractivity contribution in [2.75, 3.05) is 39.3 Å². The molecule has 3 heterocycles. The molecule has 9 nitrogen and oxygen atoms in total. The number of carbonyl (C=O) groups is 1. The maximum atomic E-state index is 13.6. The van der Waals surface area contributed by atoms with E-state index in [1.165, 1.54) is 26.5 Å². The maximum absolute atomic E-state index is 13.6. The topological polar surface area (TPSA) is 105 Å². The molecule has 0 aromatic carbocycles. The average Bonchev–Trinajstić information content (AvgIpc) is 3.14. The van der Waals surface area contributed by atoms with Crippen molar-refractivity contribution in [2.24, 2.45) is 11.8 Å². The molecule has 1 fully saturated rings. The van der Waals surface area contributed by atoms with E-state index in [1.807, 2.05) is 13.8 Å². The number of amides is 1. The summed E-state index contributed by atoms with van der Waals surface area (Å²) in [6.07, 6.45) is 4.55. The molecule has 11 heteroatoms. The fourth-order valence-electron chi connectivity index (χ4n) is 4.84. The maximum Gasteiger partial charge on any atom is 0.263 e. The number of carbonyl (C=O) groups excluding carboxylic acids is 1. The van der Waals surface area contributed by atoms with E-state index in [0.717, 1.165) is 38.9 Å². The molecule has 1 amide bonds. The van der Waals surface area contributed by atoms with Gasteiger partial charge in [0.15, 0.2) is 0 Å². The zero-order valence-corrected chi connectivity index (χ0v) is 23.2. The van der Waals surface area contributed by atoms with Crippen LogP contribution in [0, 0.1) is 18.8 Å². The summed E-state index contributed by atoms with van der Waals surface area (Å²) in [5, 5.41) is 2.96. The van der Waals surface area contributed by atoms with E-state index < -0.39 is 15.6 Å². The van der Waals surface area contributed by atoms with Crippen LogP contribution in [0.2, 0.25) is 0 Å². The van der Waals surface area contributed by atoms with Crippen molar-refractivity contribution in [1.82, 2.24) is 24.1 Å². The van der Waals surface area contributed by atoms with Crippen LogP contribution in [0.1, 0.15) is 51.8 Å². The van der Waals surface area contributed by atoms with E-state index in [9.17, 15) is 18.0 Å². The fourth-order valence-corrected chi connectivity index (χ4v) is 8.19. The van der Waals surface area contributed by atoms with Crippen molar-refractivity contribution in [3.63, 3.8) is 0 Å². The van der Waals surface area contributed by atoms with E-state index >= 15 is 0 Å². The molecular weight excluding hydrogens is 486 g/mol. The molecule has 1 saturated heterocycles. The highest BCUT2D eigenvalue weighted by Crippen LogP contribution is 2.35. The first-order chi connectivity index (χ1) is 16.6. The molecule has 0 aliphatic carbocycles. The zero-order valence-electron chi connectivity index (χ0n) is 21.5. The Balaban J connectivity index is 1.80. The Morgan fingerprint density at radius 1 is 1.23 bits per heavy atom. The van der Waals surface area contributed by atoms with Crippen molar-refractivity contribution < 1.29 is 13.2 Å². The average molecular weight is 526 g/mol. The summed E-state index contributed by atoms with van der Waals surface area (Å²) in [6, 6.07) is 0. The molecule has 1 aliphatic heterocycles. The van der Waals surface area contributed by atoms with Crippen LogP contribution in [-0.4, -0.2) is 72.3 Å². The highest BCUT2D eigenvalue weighted by molar-refractivity contribution is 7.89. The van der Waals surface area contributed by atoms with Gasteiger partial charge >= 0.3 is 0 Å². The first kappa shape index (κ1) is 27.8. The minimum absolute atomic E-state index is 0.0422. The standard InChI is InChI=1S/C24H39N5O4S2/c1-6-8-10-27(7-2)11-9-25-20(30)15-28-16-26-23-21(24(28)31)22(19(5)34-23)35(32,33)29-13-17(3)12-18(4)14-29/h16-18H,6-15H2,1-5H3,(H,25,30)/t17-,18-/m1/s1. The van der Waals surface area contributed by atoms with Crippen molar-refractivity contribution in [3.8, 4) is 0 Å². The largest absolute Gasteiger partial charge is 0.353 e. The summed E-state index contributed by atoms with van der Waals surface area (Å²) in [4.78, 5) is 33.5. The quantitative estimate of drug-likeness (QED) is 0.484. The Bertz CT molecular complexity index is 1180. The molecule has 0 spiro atoms. The lowest BCUT2D eigenvalue weighted by molar-refractivity contribution is -0.121. The predicted molar refractivity (Wildman–Crippen MR) is 140 cm³/mol. The third kappa shape index (κ3) is 6.49. The number of rotatable bonds is 11. The summed E-state index contributed by atoms with van der Waals surface area (Å²) in [5.74, 6) is 0.209. The van der Waals surface area contributed by atoms with E-state index in [0.29, 0.717) is 29.3 Å². The van der Waals surface area contributed by atoms with Crippen LogP contribution in [-0.2, 0) is 21.4 Å². The number of hydrogen-bond donors (Lipinski definition) is 1. The predicted octanol–water partition coefficient (Wildman–Crippen LogP) is 2.67. The number of aromatic nitrogens is 2. The Kier molecular flexibility index (Phi) is 9.47. The van der Waals surface area contributed by atoms with Gasteiger partial charge in [0.05, 0.1) is 11.7 Å². The zero-order chi connectivity index (χ0) is 25.8. The van der Waals surface area contributed by atoms with E-state index in [1.54, 1.807) is 6.92 Å². The van der Waals surface area contributed by atoms with Crippen molar-refractivity contribution >= 4 is 37.5 Å². The number of aryl methyl sites for hydroxylation is 1. The number of nitrogens with one attached hydrogen (secondary N) is 1. The third-order valence-electron chi connectivity index (χ3n) is 6.57. The van der Waals surface area contributed by atoms with Crippen molar-refractivity contribution in [2.45, 2.75) is 65.3 Å². The molecule has 2 aromatic heterocycles. The summed E-state index contributed by atoms with van der Waals surface area (Å²) < 4.78 is 30.0. The molecule has 2 aromatic rings. The van der Waals surface area contributed by atoms with Gasteiger partial charge in [0.25, 0.3) is 5.56 Å².